The van der Waals surface area contributed by atoms with E-state index in [4.69, 9.17) is 0 Å². The zero-order chi connectivity index (χ0) is 17.9. The summed E-state index contributed by atoms with van der Waals surface area (Å²) >= 11 is 1.70. The fraction of sp³-hybridized carbons (Fsp3) is 0.421. The third-order valence-corrected chi connectivity index (χ3v) is 5.71. The number of rotatable bonds is 5. The lowest BCUT2D eigenvalue weighted by molar-refractivity contribution is 0.0901. The molecule has 136 valence electrons. The molecule has 0 aliphatic carbocycles. The Balaban J connectivity index is 1.35. The van der Waals surface area contributed by atoms with Crippen molar-refractivity contribution in [2.24, 2.45) is 0 Å². The first-order valence-electron chi connectivity index (χ1n) is 9.05. The van der Waals surface area contributed by atoms with Crippen LogP contribution in [0.15, 0.2) is 29.9 Å². The summed E-state index contributed by atoms with van der Waals surface area (Å²) < 4.78 is 0. The monoisotopic (exact) mass is 369 g/mol. The van der Waals surface area contributed by atoms with E-state index in [1.54, 1.807) is 17.5 Å². The zero-order valence-corrected chi connectivity index (χ0v) is 15.7. The van der Waals surface area contributed by atoms with Crippen molar-refractivity contribution in [3.63, 3.8) is 0 Å². The molecule has 26 heavy (non-hydrogen) atoms. The molecule has 1 saturated heterocycles. The molecule has 1 atom stereocenters. The van der Waals surface area contributed by atoms with E-state index in [1.165, 1.54) is 5.69 Å². The van der Waals surface area contributed by atoms with E-state index in [2.05, 4.69) is 30.5 Å². The van der Waals surface area contributed by atoms with Gasteiger partial charge in [0.2, 0.25) is 0 Å². The van der Waals surface area contributed by atoms with Gasteiger partial charge in [-0.3, -0.25) is 9.78 Å². The van der Waals surface area contributed by atoms with Crippen LogP contribution in [0.5, 0.6) is 0 Å². The summed E-state index contributed by atoms with van der Waals surface area (Å²) in [6.07, 6.45) is 6.60. The first-order chi connectivity index (χ1) is 12.7. The average Bonchev–Trinajstić information content (AvgIpc) is 3.28. The number of pyridine rings is 1. The van der Waals surface area contributed by atoms with Crippen LogP contribution in [0.1, 0.15) is 34.0 Å². The third kappa shape index (κ3) is 3.78. The van der Waals surface area contributed by atoms with Crippen molar-refractivity contribution in [3.05, 3.63) is 46.3 Å². The lowest BCUT2D eigenvalue weighted by atomic mass is 10.0. The minimum atomic E-state index is -0.0859. The number of hydrogen-bond acceptors (Lipinski definition) is 5. The molecule has 0 aromatic carbocycles. The van der Waals surface area contributed by atoms with Crippen molar-refractivity contribution in [2.75, 3.05) is 19.6 Å². The van der Waals surface area contributed by atoms with Gasteiger partial charge in [-0.2, -0.15) is 0 Å². The number of piperidine rings is 1. The van der Waals surface area contributed by atoms with Gasteiger partial charge in [-0.25, -0.2) is 4.98 Å². The predicted molar refractivity (Wildman–Crippen MR) is 104 cm³/mol. The normalized spacial score (nSPS) is 18.3. The Morgan fingerprint density at radius 3 is 3.23 bits per heavy atom. The molecule has 2 N–H and O–H groups in total. The van der Waals surface area contributed by atoms with E-state index in [0.29, 0.717) is 5.69 Å². The highest BCUT2D eigenvalue weighted by atomic mass is 32.1. The molecular formula is C19H23N5OS. The fourth-order valence-electron chi connectivity index (χ4n) is 3.59. The summed E-state index contributed by atoms with van der Waals surface area (Å²) in [6, 6.07) is 3.96. The molecule has 0 spiro atoms. The summed E-state index contributed by atoms with van der Waals surface area (Å²) in [6.45, 7) is 5.00. The highest BCUT2D eigenvalue weighted by molar-refractivity contribution is 7.09. The molecule has 1 aliphatic rings. The summed E-state index contributed by atoms with van der Waals surface area (Å²) in [5.74, 6) is -0.0859. The van der Waals surface area contributed by atoms with Crippen molar-refractivity contribution in [1.29, 1.82) is 0 Å². The van der Waals surface area contributed by atoms with Crippen LogP contribution in [-0.4, -0.2) is 51.4 Å². The van der Waals surface area contributed by atoms with Crippen LogP contribution < -0.4 is 5.32 Å². The predicted octanol–water partition coefficient (Wildman–Crippen LogP) is 2.76. The van der Waals surface area contributed by atoms with E-state index >= 15 is 0 Å². The maximum absolute atomic E-state index is 12.7. The molecule has 0 bridgehead atoms. The second-order valence-electron chi connectivity index (χ2n) is 6.82. The molecule has 1 unspecified atom stereocenters. The number of aromatic nitrogens is 3. The molecule has 1 aliphatic heterocycles. The van der Waals surface area contributed by atoms with Gasteiger partial charge in [0.15, 0.2) is 0 Å². The van der Waals surface area contributed by atoms with Crippen LogP contribution in [0.25, 0.3) is 10.9 Å². The molecule has 3 aromatic heterocycles. The Morgan fingerprint density at radius 1 is 1.46 bits per heavy atom. The van der Waals surface area contributed by atoms with E-state index < -0.39 is 0 Å². The number of carbonyl (C=O) groups excluding carboxylic acids is 1. The second kappa shape index (κ2) is 7.55. The Labute approximate surface area is 156 Å². The second-order valence-corrected chi connectivity index (χ2v) is 7.88. The lowest BCUT2D eigenvalue weighted by Crippen LogP contribution is -2.48. The molecular weight excluding hydrogens is 346 g/mol. The van der Waals surface area contributed by atoms with Crippen molar-refractivity contribution < 1.29 is 4.79 Å². The van der Waals surface area contributed by atoms with Crippen LogP contribution in [-0.2, 0) is 6.42 Å². The maximum Gasteiger partial charge on any atom is 0.270 e. The van der Waals surface area contributed by atoms with Gasteiger partial charge in [-0.15, -0.1) is 11.3 Å². The van der Waals surface area contributed by atoms with E-state index in [1.807, 2.05) is 25.3 Å². The smallest absolute Gasteiger partial charge is 0.270 e. The number of amides is 1. The molecule has 0 saturated carbocycles. The lowest BCUT2D eigenvalue weighted by Gasteiger charge is -2.33. The molecule has 0 radical (unpaired) electrons. The summed E-state index contributed by atoms with van der Waals surface area (Å²) in [4.78, 5) is 27.1. The number of aryl methyl sites for hydroxylation is 1. The number of likely N-dealkylation sites (tertiary alicyclic amines) is 1. The van der Waals surface area contributed by atoms with Gasteiger partial charge in [0.1, 0.15) is 5.69 Å². The van der Waals surface area contributed by atoms with Gasteiger partial charge in [0.05, 0.1) is 10.7 Å². The SMILES string of the molecule is Cc1nc(CCN2CCCC(NC(=O)c3nccc4[nH]ccc34)C2)cs1. The van der Waals surface area contributed by atoms with E-state index in [9.17, 15) is 4.79 Å². The average molecular weight is 369 g/mol. The van der Waals surface area contributed by atoms with Crippen molar-refractivity contribution >= 4 is 28.1 Å². The minimum Gasteiger partial charge on any atom is -0.361 e. The molecule has 4 heterocycles. The van der Waals surface area contributed by atoms with Gasteiger partial charge >= 0.3 is 0 Å². The number of thiazole rings is 1. The summed E-state index contributed by atoms with van der Waals surface area (Å²) in [5.41, 5.74) is 2.61. The quantitative estimate of drug-likeness (QED) is 0.725. The Morgan fingerprint density at radius 2 is 2.38 bits per heavy atom. The number of aromatic amines is 1. The van der Waals surface area contributed by atoms with Crippen molar-refractivity contribution in [2.45, 2.75) is 32.2 Å². The van der Waals surface area contributed by atoms with Crippen molar-refractivity contribution in [3.8, 4) is 0 Å². The number of carbonyl (C=O) groups is 1. The molecule has 1 amide bonds. The number of nitrogens with one attached hydrogen (secondary N) is 2. The molecule has 7 heteroatoms. The molecule has 4 rings (SSSR count). The molecule has 6 nitrogen and oxygen atoms in total. The van der Waals surface area contributed by atoms with Gasteiger partial charge in [0, 0.05) is 54.2 Å². The summed E-state index contributed by atoms with van der Waals surface area (Å²) in [7, 11) is 0. The third-order valence-electron chi connectivity index (χ3n) is 4.89. The van der Waals surface area contributed by atoms with Gasteiger partial charge in [-0.1, -0.05) is 0 Å². The Hall–Kier alpha value is -2.25. The van der Waals surface area contributed by atoms with E-state index in [-0.39, 0.29) is 11.9 Å². The van der Waals surface area contributed by atoms with Gasteiger partial charge in [0.25, 0.3) is 5.91 Å². The van der Waals surface area contributed by atoms with Crippen LogP contribution in [0.3, 0.4) is 0 Å². The Bertz CT molecular complexity index is 902. The number of nitrogens with zero attached hydrogens (tertiary/aromatic N) is 3. The van der Waals surface area contributed by atoms with Gasteiger partial charge in [-0.05, 0) is 38.4 Å². The van der Waals surface area contributed by atoms with Crippen LogP contribution in [0.2, 0.25) is 0 Å². The zero-order valence-electron chi connectivity index (χ0n) is 14.9. The molecule has 3 aromatic rings. The van der Waals surface area contributed by atoms with Crippen molar-refractivity contribution in [1.82, 2.24) is 25.2 Å². The number of hydrogen-bond donors (Lipinski definition) is 2. The van der Waals surface area contributed by atoms with Crippen LogP contribution >= 0.6 is 11.3 Å². The first-order valence-corrected chi connectivity index (χ1v) is 9.93. The van der Waals surface area contributed by atoms with Gasteiger partial charge < -0.3 is 15.2 Å². The highest BCUT2D eigenvalue weighted by Gasteiger charge is 2.23. The topological polar surface area (TPSA) is 73.9 Å². The van der Waals surface area contributed by atoms with E-state index in [0.717, 1.165) is 54.8 Å². The first kappa shape index (κ1) is 17.2. The highest BCUT2D eigenvalue weighted by Crippen LogP contribution is 2.17. The van der Waals surface area contributed by atoms with Crippen LogP contribution in [0.4, 0.5) is 0 Å². The number of fused-ring (bicyclic) bond motifs is 1. The molecule has 1 fully saturated rings. The summed E-state index contributed by atoms with van der Waals surface area (Å²) in [5, 5.41) is 7.31. The van der Waals surface area contributed by atoms with Crippen LogP contribution in [0, 0.1) is 6.92 Å². The minimum absolute atomic E-state index is 0.0859. The fourth-order valence-corrected chi connectivity index (χ4v) is 4.24. The maximum atomic E-state index is 12.7. The number of H-pyrrole nitrogens is 1. The standard InChI is InChI=1S/C19H23N5OS/c1-13-22-15(12-26-13)6-10-24-9-2-3-14(11-24)23-19(25)18-16-4-7-20-17(16)5-8-21-18/h4-5,7-8,12,14,20H,2-3,6,9-11H2,1H3,(H,23,25). The Kier molecular flexibility index (Phi) is 4.99. The largest absolute Gasteiger partial charge is 0.361 e.